The van der Waals surface area contributed by atoms with Crippen LogP contribution in [0.3, 0.4) is 0 Å². The number of aryl methyl sites for hydroxylation is 2. The maximum absolute atomic E-state index is 12.7. The number of amides is 1. The first-order chi connectivity index (χ1) is 11.7. The first-order valence-corrected chi connectivity index (χ1v) is 9.31. The summed E-state index contributed by atoms with van der Waals surface area (Å²) < 4.78 is 25.4. The Kier molecular flexibility index (Phi) is 5.59. The molecule has 2 aromatic rings. The SMILES string of the molecule is C=C(C)C(=O)N/C(=C\S(=O)(=O)c1ccc(C)cc1)c1ccc(C)cc1. The summed E-state index contributed by atoms with van der Waals surface area (Å²) in [6.45, 7) is 8.98. The van der Waals surface area contributed by atoms with Crippen LogP contribution in [0.5, 0.6) is 0 Å². The molecular weight excluding hydrogens is 334 g/mol. The molecule has 130 valence electrons. The Labute approximate surface area is 148 Å². The normalized spacial score (nSPS) is 11.9. The molecular formula is C20H21NO3S. The van der Waals surface area contributed by atoms with Crippen LogP contribution in [0.15, 0.2) is 71.0 Å². The number of carbonyl (C=O) groups excluding carboxylic acids is 1. The van der Waals surface area contributed by atoms with Crippen molar-refractivity contribution in [2.24, 2.45) is 0 Å². The van der Waals surface area contributed by atoms with Gasteiger partial charge in [0.25, 0.3) is 5.91 Å². The molecule has 0 aliphatic heterocycles. The Hall–Kier alpha value is -2.66. The number of carbonyl (C=O) groups is 1. The topological polar surface area (TPSA) is 63.2 Å². The van der Waals surface area contributed by atoms with E-state index in [1.165, 1.54) is 0 Å². The molecule has 0 atom stereocenters. The molecule has 0 saturated carbocycles. The monoisotopic (exact) mass is 355 g/mol. The molecule has 0 aliphatic rings. The summed E-state index contributed by atoms with van der Waals surface area (Å²) in [6, 6.07) is 13.8. The molecule has 4 nitrogen and oxygen atoms in total. The minimum Gasteiger partial charge on any atom is -0.321 e. The Morgan fingerprint density at radius 3 is 1.92 bits per heavy atom. The highest BCUT2D eigenvalue weighted by Gasteiger charge is 2.16. The zero-order chi connectivity index (χ0) is 18.6. The smallest absolute Gasteiger partial charge is 0.250 e. The van der Waals surface area contributed by atoms with Gasteiger partial charge in [0.05, 0.1) is 16.0 Å². The van der Waals surface area contributed by atoms with Crippen LogP contribution in [-0.4, -0.2) is 14.3 Å². The molecule has 0 heterocycles. The van der Waals surface area contributed by atoms with Crippen molar-refractivity contribution < 1.29 is 13.2 Å². The van der Waals surface area contributed by atoms with E-state index in [0.717, 1.165) is 16.5 Å². The van der Waals surface area contributed by atoms with E-state index in [-0.39, 0.29) is 10.6 Å². The predicted octanol–water partition coefficient (Wildman–Crippen LogP) is 3.77. The average molecular weight is 355 g/mol. The van der Waals surface area contributed by atoms with Gasteiger partial charge in [0, 0.05) is 5.57 Å². The second-order valence-corrected chi connectivity index (χ2v) is 7.79. The zero-order valence-corrected chi connectivity index (χ0v) is 15.4. The standard InChI is InChI=1S/C20H21NO3S/c1-14(2)20(22)21-19(17-9-5-15(3)6-10-17)13-25(23,24)18-11-7-16(4)8-12-18/h5-13H,1H2,2-4H3,(H,21,22)/b19-13-. The third kappa shape index (κ3) is 4.90. The molecule has 0 fully saturated rings. The van der Waals surface area contributed by atoms with Crippen LogP contribution in [0, 0.1) is 13.8 Å². The molecule has 0 bridgehead atoms. The molecule has 0 aliphatic carbocycles. The van der Waals surface area contributed by atoms with Crippen molar-refractivity contribution in [3.63, 3.8) is 0 Å². The zero-order valence-electron chi connectivity index (χ0n) is 14.5. The van der Waals surface area contributed by atoms with Gasteiger partial charge in [-0.3, -0.25) is 4.79 Å². The van der Waals surface area contributed by atoms with E-state index >= 15 is 0 Å². The van der Waals surface area contributed by atoms with E-state index in [1.54, 1.807) is 43.3 Å². The van der Waals surface area contributed by atoms with E-state index in [2.05, 4.69) is 11.9 Å². The summed E-state index contributed by atoms with van der Waals surface area (Å²) in [5, 5.41) is 3.72. The molecule has 0 unspecified atom stereocenters. The number of rotatable bonds is 5. The fourth-order valence-electron chi connectivity index (χ4n) is 2.08. The lowest BCUT2D eigenvalue weighted by molar-refractivity contribution is -0.116. The van der Waals surface area contributed by atoms with Gasteiger partial charge in [-0.1, -0.05) is 54.1 Å². The van der Waals surface area contributed by atoms with E-state index < -0.39 is 15.7 Å². The molecule has 1 amide bonds. The molecule has 0 aromatic heterocycles. The van der Waals surface area contributed by atoms with Gasteiger partial charge in [-0.2, -0.15) is 0 Å². The van der Waals surface area contributed by atoms with Gasteiger partial charge in [0.1, 0.15) is 0 Å². The lowest BCUT2D eigenvalue weighted by atomic mass is 10.1. The molecule has 25 heavy (non-hydrogen) atoms. The highest BCUT2D eigenvalue weighted by atomic mass is 32.2. The quantitative estimate of drug-likeness (QED) is 0.831. The van der Waals surface area contributed by atoms with Gasteiger partial charge in [-0.05, 0) is 38.5 Å². The van der Waals surface area contributed by atoms with Gasteiger partial charge in [-0.15, -0.1) is 0 Å². The lowest BCUT2D eigenvalue weighted by Crippen LogP contribution is -2.23. The van der Waals surface area contributed by atoms with Gasteiger partial charge in [0.2, 0.25) is 9.84 Å². The van der Waals surface area contributed by atoms with E-state index in [1.807, 2.05) is 26.0 Å². The summed E-state index contributed by atoms with van der Waals surface area (Å²) in [5.74, 6) is -0.425. The minimum absolute atomic E-state index is 0.173. The van der Waals surface area contributed by atoms with Crippen LogP contribution < -0.4 is 5.32 Å². The van der Waals surface area contributed by atoms with Crippen molar-refractivity contribution in [2.75, 3.05) is 0 Å². The Bertz CT molecular complexity index is 922. The van der Waals surface area contributed by atoms with Gasteiger partial charge in [0.15, 0.2) is 0 Å². The van der Waals surface area contributed by atoms with E-state index in [0.29, 0.717) is 11.1 Å². The third-order valence-electron chi connectivity index (χ3n) is 3.62. The van der Waals surface area contributed by atoms with Crippen LogP contribution >= 0.6 is 0 Å². The average Bonchev–Trinajstić information content (AvgIpc) is 2.55. The van der Waals surface area contributed by atoms with Gasteiger partial charge in [-0.25, -0.2) is 8.42 Å². The van der Waals surface area contributed by atoms with Crippen LogP contribution in [0.4, 0.5) is 0 Å². The van der Waals surface area contributed by atoms with Gasteiger partial charge >= 0.3 is 0 Å². The van der Waals surface area contributed by atoms with Crippen LogP contribution in [0.25, 0.3) is 5.70 Å². The Balaban J connectivity index is 2.51. The predicted molar refractivity (Wildman–Crippen MR) is 100 cm³/mol. The second-order valence-electron chi connectivity index (χ2n) is 5.99. The fourth-order valence-corrected chi connectivity index (χ4v) is 3.24. The maximum atomic E-state index is 12.7. The van der Waals surface area contributed by atoms with Crippen molar-refractivity contribution in [1.82, 2.24) is 5.32 Å². The number of sulfone groups is 1. The fraction of sp³-hybridized carbons (Fsp3) is 0.150. The first kappa shape index (κ1) is 18.7. The van der Waals surface area contributed by atoms with Gasteiger partial charge < -0.3 is 5.32 Å². The largest absolute Gasteiger partial charge is 0.321 e. The summed E-state index contributed by atoms with van der Waals surface area (Å²) in [6.07, 6.45) is 0. The Morgan fingerprint density at radius 2 is 1.44 bits per heavy atom. The van der Waals surface area contributed by atoms with E-state index in [9.17, 15) is 13.2 Å². The number of hydrogen-bond acceptors (Lipinski definition) is 3. The minimum atomic E-state index is -3.71. The molecule has 0 spiro atoms. The first-order valence-electron chi connectivity index (χ1n) is 7.76. The molecule has 1 N–H and O–H groups in total. The third-order valence-corrected chi connectivity index (χ3v) is 5.10. The van der Waals surface area contributed by atoms with Crippen LogP contribution in [0.2, 0.25) is 0 Å². The van der Waals surface area contributed by atoms with Crippen molar-refractivity contribution in [3.05, 3.63) is 82.8 Å². The maximum Gasteiger partial charge on any atom is 0.250 e. The molecule has 0 radical (unpaired) electrons. The number of hydrogen-bond donors (Lipinski definition) is 1. The summed E-state index contributed by atoms with van der Waals surface area (Å²) in [5.41, 5.74) is 3.13. The number of benzene rings is 2. The molecule has 2 rings (SSSR count). The van der Waals surface area contributed by atoms with E-state index in [4.69, 9.17) is 0 Å². The summed E-state index contributed by atoms with van der Waals surface area (Å²) in [7, 11) is -3.71. The Morgan fingerprint density at radius 1 is 0.960 bits per heavy atom. The highest BCUT2D eigenvalue weighted by Crippen LogP contribution is 2.20. The summed E-state index contributed by atoms with van der Waals surface area (Å²) >= 11 is 0. The van der Waals surface area contributed by atoms with Crippen LogP contribution in [-0.2, 0) is 14.6 Å². The van der Waals surface area contributed by atoms with Crippen molar-refractivity contribution in [2.45, 2.75) is 25.7 Å². The molecule has 2 aromatic carbocycles. The van der Waals surface area contributed by atoms with Crippen molar-refractivity contribution >= 4 is 21.4 Å². The molecule has 0 saturated heterocycles. The lowest BCUT2D eigenvalue weighted by Gasteiger charge is -2.11. The van der Waals surface area contributed by atoms with Crippen LogP contribution in [0.1, 0.15) is 23.6 Å². The van der Waals surface area contributed by atoms with Crippen molar-refractivity contribution in [1.29, 1.82) is 0 Å². The van der Waals surface area contributed by atoms with Crippen molar-refractivity contribution in [3.8, 4) is 0 Å². The second kappa shape index (κ2) is 7.49. The number of nitrogens with one attached hydrogen (secondary N) is 1. The summed E-state index contributed by atoms with van der Waals surface area (Å²) in [4.78, 5) is 12.2. The highest BCUT2D eigenvalue weighted by molar-refractivity contribution is 7.94. The molecule has 5 heteroatoms.